The molecule has 0 bridgehead atoms. The number of aromatic nitrogens is 3. The smallest absolute Gasteiger partial charge is 0.313 e. The number of hydrogen-bond acceptors (Lipinski definition) is 5. The van der Waals surface area contributed by atoms with E-state index < -0.39 is 5.97 Å². The third-order valence-corrected chi connectivity index (χ3v) is 3.88. The van der Waals surface area contributed by atoms with E-state index in [0.717, 1.165) is 37.7 Å². The third-order valence-electron chi connectivity index (χ3n) is 2.92. The van der Waals surface area contributed by atoms with Gasteiger partial charge in [-0.05, 0) is 19.3 Å². The van der Waals surface area contributed by atoms with Crippen molar-refractivity contribution < 1.29 is 14.7 Å². The lowest BCUT2D eigenvalue weighted by molar-refractivity contribution is -0.134. The highest BCUT2D eigenvalue weighted by Gasteiger charge is 2.18. The van der Waals surface area contributed by atoms with Gasteiger partial charge in [0.25, 0.3) is 0 Å². The van der Waals surface area contributed by atoms with E-state index in [1.54, 1.807) is 4.57 Å². The van der Waals surface area contributed by atoms with Gasteiger partial charge in [0.15, 0.2) is 5.16 Å². The quantitative estimate of drug-likeness (QED) is 0.791. The van der Waals surface area contributed by atoms with Crippen LogP contribution in [0.15, 0.2) is 11.5 Å². The Morgan fingerprint density at radius 2 is 2.05 bits per heavy atom. The van der Waals surface area contributed by atoms with Crippen LogP contribution in [0.4, 0.5) is 0 Å². The lowest BCUT2D eigenvalue weighted by Gasteiger charge is -2.26. The van der Waals surface area contributed by atoms with Crippen molar-refractivity contribution in [2.45, 2.75) is 31.0 Å². The standard InChI is InChI=1S/C11H16N4O3S/c16-9(14-4-2-1-3-5-14)6-15-8-12-13-11(15)19-7-10(17)18/h8H,1-7H2,(H,17,18). The van der Waals surface area contributed by atoms with Crippen molar-refractivity contribution in [1.82, 2.24) is 19.7 Å². The van der Waals surface area contributed by atoms with Crippen molar-refractivity contribution >= 4 is 23.6 Å². The van der Waals surface area contributed by atoms with Crippen LogP contribution in [0.5, 0.6) is 0 Å². The van der Waals surface area contributed by atoms with Crippen molar-refractivity contribution in [2.24, 2.45) is 0 Å². The average molecular weight is 284 g/mol. The second kappa shape index (κ2) is 6.55. The van der Waals surface area contributed by atoms with E-state index in [1.807, 2.05) is 4.90 Å². The van der Waals surface area contributed by atoms with Crippen LogP contribution >= 0.6 is 11.8 Å². The maximum Gasteiger partial charge on any atom is 0.313 e. The van der Waals surface area contributed by atoms with Crippen LogP contribution < -0.4 is 0 Å². The molecule has 1 saturated heterocycles. The Kier molecular flexibility index (Phi) is 4.78. The number of nitrogens with zero attached hydrogens (tertiary/aromatic N) is 4. The normalized spacial score (nSPS) is 15.5. The Morgan fingerprint density at radius 3 is 2.74 bits per heavy atom. The Bertz CT molecular complexity index is 457. The lowest BCUT2D eigenvalue weighted by Crippen LogP contribution is -2.37. The Balaban J connectivity index is 1.92. The Morgan fingerprint density at radius 1 is 1.32 bits per heavy atom. The number of thioether (sulfide) groups is 1. The van der Waals surface area contributed by atoms with Gasteiger partial charge in [-0.1, -0.05) is 11.8 Å². The van der Waals surface area contributed by atoms with Gasteiger partial charge in [0, 0.05) is 13.1 Å². The molecule has 104 valence electrons. The predicted octanol–water partition coefficient (Wildman–Crippen LogP) is 0.467. The van der Waals surface area contributed by atoms with E-state index in [4.69, 9.17) is 5.11 Å². The van der Waals surface area contributed by atoms with E-state index in [-0.39, 0.29) is 18.2 Å². The van der Waals surface area contributed by atoms with Crippen molar-refractivity contribution in [1.29, 1.82) is 0 Å². The molecule has 1 fully saturated rings. The number of carboxylic acids is 1. The largest absolute Gasteiger partial charge is 0.481 e. The van der Waals surface area contributed by atoms with E-state index in [1.165, 1.54) is 12.7 Å². The highest BCUT2D eigenvalue weighted by Crippen LogP contribution is 2.15. The third kappa shape index (κ3) is 3.95. The Labute approximate surface area is 115 Å². The molecule has 1 aromatic rings. The highest BCUT2D eigenvalue weighted by atomic mass is 32.2. The average Bonchev–Trinajstić information content (AvgIpc) is 2.84. The van der Waals surface area contributed by atoms with Crippen molar-refractivity contribution in [3.05, 3.63) is 6.33 Å². The maximum atomic E-state index is 12.1. The van der Waals surface area contributed by atoms with Crippen molar-refractivity contribution in [2.75, 3.05) is 18.8 Å². The van der Waals surface area contributed by atoms with Gasteiger partial charge >= 0.3 is 5.97 Å². The van der Waals surface area contributed by atoms with Gasteiger partial charge in [-0.3, -0.25) is 14.2 Å². The molecule has 2 rings (SSSR count). The van der Waals surface area contributed by atoms with E-state index in [2.05, 4.69) is 10.2 Å². The number of hydrogen-bond donors (Lipinski definition) is 1. The number of rotatable bonds is 5. The molecule has 1 aromatic heterocycles. The van der Waals surface area contributed by atoms with Gasteiger partial charge < -0.3 is 10.0 Å². The summed E-state index contributed by atoms with van der Waals surface area (Å²) in [6.45, 7) is 1.78. The number of likely N-dealkylation sites (tertiary alicyclic amines) is 1. The van der Waals surface area contributed by atoms with Crippen molar-refractivity contribution in [3.63, 3.8) is 0 Å². The molecule has 0 saturated carbocycles. The summed E-state index contributed by atoms with van der Waals surface area (Å²) in [6, 6.07) is 0. The second-order valence-electron chi connectivity index (χ2n) is 4.37. The van der Waals surface area contributed by atoms with Gasteiger partial charge in [0.05, 0.1) is 5.75 Å². The van der Waals surface area contributed by atoms with Crippen LogP contribution in [-0.2, 0) is 16.1 Å². The molecule has 0 spiro atoms. The zero-order valence-corrected chi connectivity index (χ0v) is 11.3. The molecule has 0 radical (unpaired) electrons. The molecule has 8 heteroatoms. The summed E-state index contributed by atoms with van der Waals surface area (Å²) in [4.78, 5) is 24.4. The van der Waals surface area contributed by atoms with E-state index >= 15 is 0 Å². The molecule has 1 aliphatic heterocycles. The predicted molar refractivity (Wildman–Crippen MR) is 68.8 cm³/mol. The molecule has 1 N–H and O–H groups in total. The van der Waals surface area contributed by atoms with Crippen LogP contribution in [0.3, 0.4) is 0 Å². The maximum absolute atomic E-state index is 12.1. The summed E-state index contributed by atoms with van der Waals surface area (Å²) in [5.41, 5.74) is 0. The fraction of sp³-hybridized carbons (Fsp3) is 0.636. The second-order valence-corrected chi connectivity index (χ2v) is 5.31. The summed E-state index contributed by atoms with van der Waals surface area (Å²) in [5, 5.41) is 16.7. The van der Waals surface area contributed by atoms with Crippen LogP contribution in [0.2, 0.25) is 0 Å². The van der Waals surface area contributed by atoms with Gasteiger partial charge in [-0.2, -0.15) is 0 Å². The summed E-state index contributed by atoms with van der Waals surface area (Å²) in [6.07, 6.45) is 4.74. The first kappa shape index (κ1) is 13.9. The van der Waals surface area contributed by atoms with E-state index in [0.29, 0.717) is 5.16 Å². The first-order valence-electron chi connectivity index (χ1n) is 6.17. The molecule has 0 atom stereocenters. The molecule has 0 aromatic carbocycles. The first-order valence-corrected chi connectivity index (χ1v) is 7.15. The summed E-state index contributed by atoms with van der Waals surface area (Å²) in [5.74, 6) is -0.963. The van der Waals surface area contributed by atoms with Crippen LogP contribution in [0.25, 0.3) is 0 Å². The number of carbonyl (C=O) groups excluding carboxylic acids is 1. The minimum Gasteiger partial charge on any atom is -0.481 e. The molecule has 2 heterocycles. The molecule has 19 heavy (non-hydrogen) atoms. The molecular weight excluding hydrogens is 268 g/mol. The van der Waals surface area contributed by atoms with Crippen molar-refractivity contribution in [3.8, 4) is 0 Å². The van der Waals surface area contributed by atoms with Gasteiger partial charge in [-0.15, -0.1) is 10.2 Å². The number of carboxylic acid groups (broad SMARTS) is 1. The minimum atomic E-state index is -0.915. The summed E-state index contributed by atoms with van der Waals surface area (Å²) < 4.78 is 1.60. The zero-order chi connectivity index (χ0) is 13.7. The molecule has 1 aliphatic rings. The molecule has 1 amide bonds. The topological polar surface area (TPSA) is 88.3 Å². The zero-order valence-electron chi connectivity index (χ0n) is 10.5. The monoisotopic (exact) mass is 284 g/mol. The van der Waals surface area contributed by atoms with Gasteiger partial charge in [0.2, 0.25) is 5.91 Å². The van der Waals surface area contributed by atoms with E-state index in [9.17, 15) is 9.59 Å². The highest BCUT2D eigenvalue weighted by molar-refractivity contribution is 7.99. The molecular formula is C11H16N4O3S. The van der Waals surface area contributed by atoms with Crippen LogP contribution in [0.1, 0.15) is 19.3 Å². The van der Waals surface area contributed by atoms with Gasteiger partial charge in [0.1, 0.15) is 12.9 Å². The summed E-state index contributed by atoms with van der Waals surface area (Å²) in [7, 11) is 0. The number of amides is 1. The number of carbonyl (C=O) groups is 2. The number of piperidine rings is 1. The fourth-order valence-corrected chi connectivity index (χ4v) is 2.61. The molecule has 0 unspecified atom stereocenters. The first-order chi connectivity index (χ1) is 9.16. The summed E-state index contributed by atoms with van der Waals surface area (Å²) >= 11 is 1.07. The van der Waals surface area contributed by atoms with Crippen LogP contribution in [-0.4, -0.2) is 55.5 Å². The SMILES string of the molecule is O=C(O)CSc1nncn1CC(=O)N1CCCCC1. The van der Waals surface area contributed by atoms with Gasteiger partial charge in [-0.25, -0.2) is 0 Å². The minimum absolute atomic E-state index is 0.0386. The fourth-order valence-electron chi connectivity index (χ4n) is 1.98. The molecule has 0 aliphatic carbocycles. The molecule has 7 nitrogen and oxygen atoms in total. The lowest BCUT2D eigenvalue weighted by atomic mass is 10.1. The number of aliphatic carboxylic acids is 1. The van der Waals surface area contributed by atoms with Crippen LogP contribution in [0, 0.1) is 0 Å². The Hall–Kier alpha value is -1.57.